The number of carbonyl (C=O) groups is 1. The van der Waals surface area contributed by atoms with Crippen LogP contribution in [0.5, 0.6) is 0 Å². The lowest BCUT2D eigenvalue weighted by molar-refractivity contribution is 0.0878. The topological polar surface area (TPSA) is 97.2 Å². The third kappa shape index (κ3) is 3.46. The van der Waals surface area contributed by atoms with E-state index in [4.69, 9.17) is 9.15 Å². The van der Waals surface area contributed by atoms with E-state index in [1.54, 1.807) is 31.4 Å². The van der Waals surface area contributed by atoms with Gasteiger partial charge in [0.05, 0.1) is 12.0 Å². The average molecular weight is 341 g/mol. The molecule has 7 heteroatoms. The molecule has 25 heavy (non-hydrogen) atoms. The zero-order valence-corrected chi connectivity index (χ0v) is 14.0. The van der Waals surface area contributed by atoms with Gasteiger partial charge in [0, 0.05) is 18.9 Å². The van der Waals surface area contributed by atoms with Crippen LogP contribution in [-0.4, -0.2) is 29.8 Å². The molecule has 1 atom stereocenters. The first-order valence-electron chi connectivity index (χ1n) is 7.99. The first kappa shape index (κ1) is 16.9. The zero-order valence-electron chi connectivity index (χ0n) is 14.0. The van der Waals surface area contributed by atoms with E-state index in [1.165, 1.54) is 0 Å². The smallest absolute Gasteiger partial charge is 0.273 e. The van der Waals surface area contributed by atoms with Gasteiger partial charge in [0.25, 0.3) is 11.5 Å². The van der Waals surface area contributed by atoms with Crippen LogP contribution < -0.4 is 10.9 Å². The second-order valence-corrected chi connectivity index (χ2v) is 5.59. The highest BCUT2D eigenvalue weighted by Gasteiger charge is 2.21. The number of amides is 1. The van der Waals surface area contributed by atoms with E-state index in [-0.39, 0.29) is 17.9 Å². The first-order valence-corrected chi connectivity index (χ1v) is 7.99. The maximum absolute atomic E-state index is 12.7. The van der Waals surface area contributed by atoms with Crippen LogP contribution in [0.2, 0.25) is 0 Å². The molecule has 3 aromatic rings. The predicted molar refractivity (Wildman–Crippen MR) is 92.5 cm³/mol. The van der Waals surface area contributed by atoms with Gasteiger partial charge in [-0.1, -0.05) is 25.1 Å². The molecule has 0 aliphatic heterocycles. The fourth-order valence-electron chi connectivity index (χ4n) is 2.65. The summed E-state index contributed by atoms with van der Waals surface area (Å²) in [6.07, 6.45) is 0.764. The Morgan fingerprint density at radius 2 is 2.04 bits per heavy atom. The minimum Gasteiger partial charge on any atom is -0.464 e. The standard InChI is InChI=1S/C18H19N3O4/c1-3-11-8-9-15(25-11)14(10-24-2)19-18(23)16-12-6-4-5-7-13(12)17(22)21-20-16/h4-9,14H,3,10H2,1-2H3,(H,19,23)(H,21,22). The zero-order chi connectivity index (χ0) is 17.8. The van der Waals surface area contributed by atoms with Crippen LogP contribution in [0.15, 0.2) is 45.6 Å². The van der Waals surface area contributed by atoms with Crippen LogP contribution in [-0.2, 0) is 11.2 Å². The van der Waals surface area contributed by atoms with E-state index in [1.807, 2.05) is 19.1 Å². The van der Waals surface area contributed by atoms with Gasteiger partial charge in [-0.05, 0) is 18.2 Å². The number of ether oxygens (including phenoxy) is 1. The lowest BCUT2D eigenvalue weighted by Crippen LogP contribution is -2.32. The van der Waals surface area contributed by atoms with Gasteiger partial charge in [-0.3, -0.25) is 9.59 Å². The summed E-state index contributed by atoms with van der Waals surface area (Å²) in [6, 6.07) is 10.1. The van der Waals surface area contributed by atoms with Crippen molar-refractivity contribution in [2.75, 3.05) is 13.7 Å². The molecular formula is C18H19N3O4. The normalized spacial score (nSPS) is 12.2. The summed E-state index contributed by atoms with van der Waals surface area (Å²) in [6.45, 7) is 2.24. The van der Waals surface area contributed by atoms with Gasteiger partial charge in [0.2, 0.25) is 0 Å². The minimum atomic E-state index is -0.453. The Morgan fingerprint density at radius 3 is 2.72 bits per heavy atom. The number of methoxy groups -OCH3 is 1. The van der Waals surface area contributed by atoms with Crippen LogP contribution in [0.3, 0.4) is 0 Å². The summed E-state index contributed by atoms with van der Waals surface area (Å²) in [5, 5.41) is 10.0. The molecule has 2 N–H and O–H groups in total. The number of fused-ring (bicyclic) bond motifs is 1. The van der Waals surface area contributed by atoms with Crippen LogP contribution in [0.25, 0.3) is 10.8 Å². The van der Waals surface area contributed by atoms with E-state index >= 15 is 0 Å². The second-order valence-electron chi connectivity index (χ2n) is 5.59. The quantitative estimate of drug-likeness (QED) is 0.716. The van der Waals surface area contributed by atoms with Gasteiger partial charge in [-0.25, -0.2) is 5.10 Å². The highest BCUT2D eigenvalue weighted by molar-refractivity contribution is 6.04. The number of nitrogens with zero attached hydrogens (tertiary/aromatic N) is 1. The molecule has 0 fully saturated rings. The van der Waals surface area contributed by atoms with E-state index in [9.17, 15) is 9.59 Å². The van der Waals surface area contributed by atoms with Crippen molar-refractivity contribution in [2.45, 2.75) is 19.4 Å². The van der Waals surface area contributed by atoms with Crippen molar-refractivity contribution < 1.29 is 13.9 Å². The first-order chi connectivity index (χ1) is 12.1. The Morgan fingerprint density at radius 1 is 1.28 bits per heavy atom. The Kier molecular flexibility index (Phi) is 4.95. The molecular weight excluding hydrogens is 322 g/mol. The van der Waals surface area contributed by atoms with E-state index in [2.05, 4.69) is 15.5 Å². The highest BCUT2D eigenvalue weighted by Crippen LogP contribution is 2.19. The number of carbonyl (C=O) groups excluding carboxylic acids is 1. The number of hydrogen-bond donors (Lipinski definition) is 2. The average Bonchev–Trinajstić information content (AvgIpc) is 3.11. The molecule has 2 heterocycles. The lowest BCUT2D eigenvalue weighted by Gasteiger charge is -2.16. The second kappa shape index (κ2) is 7.31. The lowest BCUT2D eigenvalue weighted by atomic mass is 10.1. The van der Waals surface area contributed by atoms with Crippen molar-refractivity contribution in [1.29, 1.82) is 0 Å². The van der Waals surface area contributed by atoms with Crippen molar-refractivity contribution in [3.63, 3.8) is 0 Å². The van der Waals surface area contributed by atoms with Gasteiger partial charge in [0.1, 0.15) is 17.6 Å². The molecule has 0 saturated heterocycles. The Balaban J connectivity index is 1.92. The van der Waals surface area contributed by atoms with Gasteiger partial charge < -0.3 is 14.5 Å². The van der Waals surface area contributed by atoms with Crippen molar-refractivity contribution in [3.05, 3.63) is 64.0 Å². The van der Waals surface area contributed by atoms with Crippen LogP contribution in [0.4, 0.5) is 0 Å². The summed E-state index contributed by atoms with van der Waals surface area (Å²) in [5.41, 5.74) is -0.183. The summed E-state index contributed by atoms with van der Waals surface area (Å²) in [7, 11) is 1.55. The molecule has 0 aliphatic rings. The van der Waals surface area contributed by atoms with Gasteiger partial charge in [0.15, 0.2) is 5.69 Å². The number of furan rings is 1. The molecule has 0 aliphatic carbocycles. The van der Waals surface area contributed by atoms with Crippen molar-refractivity contribution >= 4 is 16.7 Å². The third-order valence-electron chi connectivity index (χ3n) is 3.92. The fourth-order valence-corrected chi connectivity index (χ4v) is 2.65. The molecule has 7 nitrogen and oxygen atoms in total. The van der Waals surface area contributed by atoms with Gasteiger partial charge in [-0.15, -0.1) is 0 Å². The van der Waals surface area contributed by atoms with E-state index < -0.39 is 11.9 Å². The van der Waals surface area contributed by atoms with E-state index in [0.29, 0.717) is 16.5 Å². The SMILES string of the molecule is CCc1ccc(C(COC)NC(=O)c2n[nH]c(=O)c3ccccc23)o1. The maximum atomic E-state index is 12.7. The Bertz CT molecular complexity index is 945. The molecule has 0 saturated carbocycles. The molecule has 1 aromatic carbocycles. The molecule has 1 amide bonds. The molecule has 0 radical (unpaired) electrons. The molecule has 0 bridgehead atoms. The minimum absolute atomic E-state index is 0.151. The number of nitrogens with one attached hydrogen (secondary N) is 2. The number of aromatic nitrogens is 2. The summed E-state index contributed by atoms with van der Waals surface area (Å²) in [5.74, 6) is 1.03. The van der Waals surface area contributed by atoms with Crippen molar-refractivity contribution in [1.82, 2.24) is 15.5 Å². The van der Waals surface area contributed by atoms with Crippen LogP contribution in [0, 0.1) is 0 Å². The summed E-state index contributed by atoms with van der Waals surface area (Å²) in [4.78, 5) is 24.6. The number of H-pyrrole nitrogens is 1. The molecule has 2 aromatic heterocycles. The number of aryl methyl sites for hydroxylation is 1. The Labute approximate surface area is 144 Å². The highest BCUT2D eigenvalue weighted by atomic mass is 16.5. The summed E-state index contributed by atoms with van der Waals surface area (Å²) < 4.78 is 10.9. The third-order valence-corrected chi connectivity index (χ3v) is 3.92. The monoisotopic (exact) mass is 341 g/mol. The fraction of sp³-hybridized carbons (Fsp3) is 0.278. The largest absolute Gasteiger partial charge is 0.464 e. The molecule has 1 unspecified atom stereocenters. The summed E-state index contributed by atoms with van der Waals surface area (Å²) >= 11 is 0. The number of benzene rings is 1. The number of rotatable bonds is 6. The van der Waals surface area contributed by atoms with Crippen LogP contribution >= 0.6 is 0 Å². The maximum Gasteiger partial charge on any atom is 0.273 e. The van der Waals surface area contributed by atoms with Gasteiger partial charge in [-0.2, -0.15) is 5.10 Å². The van der Waals surface area contributed by atoms with Crippen molar-refractivity contribution in [3.8, 4) is 0 Å². The number of hydrogen-bond acceptors (Lipinski definition) is 5. The molecule has 0 spiro atoms. The Hall–Kier alpha value is -2.93. The van der Waals surface area contributed by atoms with Gasteiger partial charge >= 0.3 is 0 Å². The van der Waals surface area contributed by atoms with Crippen molar-refractivity contribution in [2.24, 2.45) is 0 Å². The predicted octanol–water partition coefficient (Wildman–Crippen LogP) is 2.20. The number of aromatic amines is 1. The van der Waals surface area contributed by atoms with Crippen LogP contribution in [0.1, 0.15) is 35.0 Å². The molecule has 130 valence electrons. The van der Waals surface area contributed by atoms with E-state index in [0.717, 1.165) is 12.2 Å². The molecule has 3 rings (SSSR count).